The van der Waals surface area contributed by atoms with Crippen LogP contribution in [-0.2, 0) is 14.8 Å². The average molecular weight is 467 g/mol. The van der Waals surface area contributed by atoms with E-state index in [4.69, 9.17) is 9.84 Å². The highest BCUT2D eigenvalue weighted by atomic mass is 32.2. The van der Waals surface area contributed by atoms with Gasteiger partial charge in [-0.3, -0.25) is 14.4 Å². The number of amides is 2. The Balaban J connectivity index is 1.64. The van der Waals surface area contributed by atoms with Gasteiger partial charge in [0.25, 0.3) is 10.0 Å². The topological polar surface area (TPSA) is 125 Å². The minimum Gasteiger partial charge on any atom is -0.484 e. The zero-order chi connectivity index (χ0) is 23.0. The van der Waals surface area contributed by atoms with Crippen LogP contribution in [-0.4, -0.2) is 50.9 Å². The number of hydrogen-bond donors (Lipinski definition) is 3. The molecule has 0 bridgehead atoms. The SMILES string of the molecule is O=C(O)Nc1ccc2c(c1)N(S(=O)(=O)c1ccc(F)cc1)C[C@H](CNC(=O)[C@H]1C[C@@H]1F)O2. The molecule has 2 aromatic carbocycles. The second kappa shape index (κ2) is 8.26. The summed E-state index contributed by atoms with van der Waals surface area (Å²) in [6.07, 6.45) is -3.14. The van der Waals surface area contributed by atoms with Crippen LogP contribution in [0.5, 0.6) is 5.75 Å². The third kappa shape index (κ3) is 4.44. The van der Waals surface area contributed by atoms with Crippen molar-refractivity contribution in [2.75, 3.05) is 22.7 Å². The molecular formula is C20H19F2N3O6S. The molecule has 1 heterocycles. The number of nitrogens with zero attached hydrogens (tertiary/aromatic N) is 1. The van der Waals surface area contributed by atoms with Crippen LogP contribution in [0.25, 0.3) is 0 Å². The number of ether oxygens (including phenoxy) is 1. The molecule has 3 N–H and O–H groups in total. The van der Waals surface area contributed by atoms with Crippen molar-refractivity contribution in [3.05, 3.63) is 48.3 Å². The fourth-order valence-corrected chi connectivity index (χ4v) is 4.86. The van der Waals surface area contributed by atoms with E-state index >= 15 is 0 Å². The van der Waals surface area contributed by atoms with Crippen molar-refractivity contribution in [3.8, 4) is 5.75 Å². The number of alkyl halides is 1. The van der Waals surface area contributed by atoms with Gasteiger partial charge >= 0.3 is 6.09 Å². The smallest absolute Gasteiger partial charge is 0.409 e. The van der Waals surface area contributed by atoms with E-state index in [1.54, 1.807) is 0 Å². The number of halogens is 2. The molecule has 1 aliphatic carbocycles. The third-order valence-electron chi connectivity index (χ3n) is 5.10. The molecule has 1 fully saturated rings. The average Bonchev–Trinajstić information content (AvgIpc) is 3.48. The second-order valence-corrected chi connectivity index (χ2v) is 9.31. The highest BCUT2D eigenvalue weighted by Gasteiger charge is 2.44. The Morgan fingerprint density at radius 1 is 1.19 bits per heavy atom. The van der Waals surface area contributed by atoms with E-state index in [0.29, 0.717) is 0 Å². The number of carbonyl (C=O) groups excluding carboxylic acids is 1. The third-order valence-corrected chi connectivity index (χ3v) is 6.89. The molecule has 0 unspecified atom stereocenters. The standard InChI is InChI=1S/C20H19F2N3O6S/c21-11-1-4-14(5-2-11)32(29,30)25-10-13(9-23-19(26)15-8-16(15)22)31-18-6-3-12(7-17(18)25)24-20(27)28/h1-7,13,15-16,24H,8-10H2,(H,23,26)(H,27,28)/t13-,15-,16-/m0/s1. The summed E-state index contributed by atoms with van der Waals surface area (Å²) < 4.78 is 59.8. The Bertz CT molecular complexity index is 1160. The predicted octanol–water partition coefficient (Wildman–Crippen LogP) is 2.35. The van der Waals surface area contributed by atoms with Gasteiger partial charge in [-0.25, -0.2) is 22.0 Å². The maximum Gasteiger partial charge on any atom is 0.409 e. The minimum absolute atomic E-state index is 0.0634. The molecule has 170 valence electrons. The number of carboxylic acid groups (broad SMARTS) is 1. The van der Waals surface area contributed by atoms with Crippen LogP contribution in [0.4, 0.5) is 25.0 Å². The Hall–Kier alpha value is -3.41. The van der Waals surface area contributed by atoms with Crippen molar-refractivity contribution >= 4 is 33.4 Å². The quantitative estimate of drug-likeness (QED) is 0.599. The fourth-order valence-electron chi connectivity index (χ4n) is 3.36. The zero-order valence-corrected chi connectivity index (χ0v) is 17.3. The van der Waals surface area contributed by atoms with E-state index in [2.05, 4.69) is 10.6 Å². The summed E-state index contributed by atoms with van der Waals surface area (Å²) in [7, 11) is -4.18. The molecule has 0 radical (unpaired) electrons. The number of benzene rings is 2. The van der Waals surface area contributed by atoms with Crippen molar-refractivity contribution in [1.29, 1.82) is 0 Å². The molecule has 4 rings (SSSR count). The molecule has 0 aromatic heterocycles. The van der Waals surface area contributed by atoms with E-state index in [0.717, 1.165) is 28.6 Å². The number of hydrogen-bond acceptors (Lipinski definition) is 5. The van der Waals surface area contributed by atoms with E-state index in [9.17, 15) is 26.8 Å². The van der Waals surface area contributed by atoms with Crippen LogP contribution in [0.3, 0.4) is 0 Å². The Labute approximate surface area is 182 Å². The van der Waals surface area contributed by atoms with E-state index < -0.39 is 46.0 Å². The van der Waals surface area contributed by atoms with Gasteiger partial charge in [0.05, 0.1) is 29.6 Å². The van der Waals surface area contributed by atoms with Crippen LogP contribution >= 0.6 is 0 Å². The molecule has 9 nitrogen and oxygen atoms in total. The first kappa shape index (κ1) is 21.8. The number of nitrogens with one attached hydrogen (secondary N) is 2. The maximum absolute atomic E-state index is 13.3. The van der Waals surface area contributed by atoms with Gasteiger partial charge in [0.2, 0.25) is 5.91 Å². The molecule has 2 aliphatic rings. The van der Waals surface area contributed by atoms with E-state index in [1.165, 1.54) is 18.2 Å². The number of anilines is 2. The lowest BCUT2D eigenvalue weighted by molar-refractivity contribution is -0.123. The second-order valence-electron chi connectivity index (χ2n) is 7.45. The van der Waals surface area contributed by atoms with Crippen LogP contribution in [0.15, 0.2) is 47.4 Å². The molecule has 2 amide bonds. The van der Waals surface area contributed by atoms with Crippen LogP contribution in [0, 0.1) is 11.7 Å². The van der Waals surface area contributed by atoms with Gasteiger partial charge in [-0.2, -0.15) is 0 Å². The molecule has 1 saturated carbocycles. The van der Waals surface area contributed by atoms with Crippen molar-refractivity contribution in [2.45, 2.75) is 23.6 Å². The summed E-state index contributed by atoms with van der Waals surface area (Å²) >= 11 is 0. The molecule has 2 aromatic rings. The lowest BCUT2D eigenvalue weighted by Gasteiger charge is -2.35. The number of sulfonamides is 1. The number of rotatable bonds is 6. The fraction of sp³-hybridized carbons (Fsp3) is 0.300. The zero-order valence-electron chi connectivity index (χ0n) is 16.5. The van der Waals surface area contributed by atoms with Gasteiger partial charge in [-0.1, -0.05) is 0 Å². The first-order valence-electron chi connectivity index (χ1n) is 9.66. The molecule has 32 heavy (non-hydrogen) atoms. The van der Waals surface area contributed by atoms with Crippen molar-refractivity contribution in [3.63, 3.8) is 0 Å². The number of fused-ring (bicyclic) bond motifs is 1. The normalized spacial score (nSPS) is 21.8. The summed E-state index contributed by atoms with van der Waals surface area (Å²) in [6, 6.07) is 8.36. The molecule has 1 aliphatic heterocycles. The summed E-state index contributed by atoms with van der Waals surface area (Å²) in [5.41, 5.74) is 0.197. The molecule has 0 spiro atoms. The van der Waals surface area contributed by atoms with Gasteiger partial charge in [-0.05, 0) is 48.9 Å². The van der Waals surface area contributed by atoms with Gasteiger partial charge in [0, 0.05) is 5.69 Å². The van der Waals surface area contributed by atoms with Gasteiger partial charge < -0.3 is 15.2 Å². The van der Waals surface area contributed by atoms with Crippen LogP contribution < -0.4 is 19.7 Å². The Morgan fingerprint density at radius 2 is 1.88 bits per heavy atom. The monoisotopic (exact) mass is 467 g/mol. The lowest BCUT2D eigenvalue weighted by atomic mass is 10.2. The van der Waals surface area contributed by atoms with Crippen LogP contribution in [0.1, 0.15) is 6.42 Å². The molecule has 0 saturated heterocycles. The van der Waals surface area contributed by atoms with Crippen molar-refractivity contribution in [1.82, 2.24) is 5.32 Å². The predicted molar refractivity (Wildman–Crippen MR) is 109 cm³/mol. The van der Waals surface area contributed by atoms with E-state index in [-0.39, 0.29) is 41.5 Å². The summed E-state index contributed by atoms with van der Waals surface area (Å²) in [6.45, 7) is -0.278. The first-order valence-corrected chi connectivity index (χ1v) is 11.1. The Kier molecular flexibility index (Phi) is 5.63. The maximum atomic E-state index is 13.3. The first-order chi connectivity index (χ1) is 15.1. The Morgan fingerprint density at radius 3 is 2.50 bits per heavy atom. The van der Waals surface area contributed by atoms with Gasteiger partial charge in [0.1, 0.15) is 23.8 Å². The summed E-state index contributed by atoms with van der Waals surface area (Å²) in [5, 5.41) is 13.7. The summed E-state index contributed by atoms with van der Waals surface area (Å²) in [5.74, 6) is -1.63. The lowest BCUT2D eigenvalue weighted by Crippen LogP contribution is -2.48. The van der Waals surface area contributed by atoms with Crippen molar-refractivity contribution in [2.24, 2.45) is 5.92 Å². The number of carbonyl (C=O) groups is 2. The summed E-state index contributed by atoms with van der Waals surface area (Å²) in [4.78, 5) is 22.7. The molecule has 3 atom stereocenters. The van der Waals surface area contributed by atoms with Gasteiger partial charge in [0.15, 0.2) is 0 Å². The van der Waals surface area contributed by atoms with Gasteiger partial charge in [-0.15, -0.1) is 0 Å². The highest BCUT2D eigenvalue weighted by molar-refractivity contribution is 7.92. The minimum atomic E-state index is -4.18. The highest BCUT2D eigenvalue weighted by Crippen LogP contribution is 2.39. The largest absolute Gasteiger partial charge is 0.484 e. The van der Waals surface area contributed by atoms with E-state index in [1.807, 2.05) is 0 Å². The molecular weight excluding hydrogens is 448 g/mol. The van der Waals surface area contributed by atoms with Crippen molar-refractivity contribution < 1.29 is 36.6 Å². The molecule has 12 heteroatoms. The van der Waals surface area contributed by atoms with Crippen LogP contribution in [0.2, 0.25) is 0 Å².